The largest absolute Gasteiger partial charge is 0.494 e. The van der Waals surface area contributed by atoms with Crippen LogP contribution in [0.1, 0.15) is 35.0 Å². The Balaban J connectivity index is 1.66. The van der Waals surface area contributed by atoms with Crippen molar-refractivity contribution in [3.63, 3.8) is 0 Å². The van der Waals surface area contributed by atoms with Gasteiger partial charge >= 0.3 is 0 Å². The van der Waals surface area contributed by atoms with Gasteiger partial charge in [-0.1, -0.05) is 17.7 Å². The number of aromatic nitrogens is 2. The zero-order valence-electron chi connectivity index (χ0n) is 16.8. The number of nitrogens with zero attached hydrogens (tertiary/aromatic N) is 3. The number of fused-ring (bicyclic) bond motifs is 1. The number of anilines is 1. The van der Waals surface area contributed by atoms with E-state index in [1.807, 2.05) is 0 Å². The Kier molecular flexibility index (Phi) is 5.56. The normalized spacial score (nSPS) is 13.4. The van der Waals surface area contributed by atoms with Crippen molar-refractivity contribution in [1.29, 1.82) is 0 Å². The van der Waals surface area contributed by atoms with Crippen LogP contribution in [0.2, 0.25) is 5.02 Å². The summed E-state index contributed by atoms with van der Waals surface area (Å²) in [5.74, 6) is -0.740. The maximum Gasteiger partial charge on any atom is 0.274 e. The molecule has 1 aliphatic rings. The van der Waals surface area contributed by atoms with Gasteiger partial charge < -0.3 is 20.4 Å². The molecule has 0 aliphatic carbocycles. The molecular weight excluding hydrogens is 420 g/mol. The van der Waals surface area contributed by atoms with Gasteiger partial charge in [0, 0.05) is 36.5 Å². The summed E-state index contributed by atoms with van der Waals surface area (Å²) in [6.45, 7) is 2.26. The SMILES string of the molecule is CC(=O)N1CCCc2c(c(O)n(-c3ccc(NC(=O)c4ccccn4)cc3Cl)c2O)C1. The molecule has 3 N–H and O–H groups in total. The van der Waals surface area contributed by atoms with Gasteiger partial charge in [0.2, 0.25) is 17.7 Å². The van der Waals surface area contributed by atoms with Crippen molar-refractivity contribution >= 4 is 29.1 Å². The monoisotopic (exact) mass is 440 g/mol. The Morgan fingerprint density at radius 3 is 2.58 bits per heavy atom. The van der Waals surface area contributed by atoms with E-state index in [0.717, 1.165) is 0 Å². The summed E-state index contributed by atoms with van der Waals surface area (Å²) in [6.07, 6.45) is 2.73. The highest BCUT2D eigenvalue weighted by Crippen LogP contribution is 2.41. The highest BCUT2D eigenvalue weighted by Gasteiger charge is 2.28. The topological polar surface area (TPSA) is 108 Å². The number of nitrogens with one attached hydrogen (secondary N) is 1. The molecule has 31 heavy (non-hydrogen) atoms. The van der Waals surface area contributed by atoms with Crippen LogP contribution >= 0.6 is 11.6 Å². The van der Waals surface area contributed by atoms with E-state index in [-0.39, 0.29) is 40.8 Å². The van der Waals surface area contributed by atoms with Gasteiger partial charge in [-0.05, 0) is 43.2 Å². The minimum absolute atomic E-state index is 0.0921. The average molecular weight is 441 g/mol. The van der Waals surface area contributed by atoms with Crippen LogP contribution < -0.4 is 5.32 Å². The first-order chi connectivity index (χ1) is 14.9. The molecule has 2 aromatic heterocycles. The van der Waals surface area contributed by atoms with Crippen molar-refractivity contribution in [2.75, 3.05) is 11.9 Å². The summed E-state index contributed by atoms with van der Waals surface area (Å²) in [5.41, 5.74) is 2.18. The molecular formula is C22H21ClN4O4. The molecule has 8 nitrogen and oxygen atoms in total. The Hall–Kier alpha value is -3.52. The number of amides is 2. The quantitative estimate of drug-likeness (QED) is 0.578. The minimum Gasteiger partial charge on any atom is -0.494 e. The molecule has 1 aliphatic heterocycles. The third-order valence-corrected chi connectivity index (χ3v) is 5.62. The number of halogens is 1. The fourth-order valence-electron chi connectivity index (χ4n) is 3.74. The van der Waals surface area contributed by atoms with Gasteiger partial charge in [-0.25, -0.2) is 4.57 Å². The van der Waals surface area contributed by atoms with Crippen LogP contribution in [0.4, 0.5) is 5.69 Å². The van der Waals surface area contributed by atoms with E-state index in [0.29, 0.717) is 41.9 Å². The molecule has 0 spiro atoms. The summed E-state index contributed by atoms with van der Waals surface area (Å²) in [4.78, 5) is 29.8. The predicted molar refractivity (Wildman–Crippen MR) is 116 cm³/mol. The summed E-state index contributed by atoms with van der Waals surface area (Å²) >= 11 is 6.44. The third-order valence-electron chi connectivity index (χ3n) is 5.32. The maximum atomic E-state index is 12.3. The lowest BCUT2D eigenvalue weighted by Gasteiger charge is -2.18. The Bertz CT molecular complexity index is 1160. The lowest BCUT2D eigenvalue weighted by Crippen LogP contribution is -2.28. The number of carbonyl (C=O) groups excluding carboxylic acids is 2. The first-order valence-electron chi connectivity index (χ1n) is 9.79. The number of aromatic hydroxyl groups is 2. The first-order valence-corrected chi connectivity index (χ1v) is 10.2. The Labute approximate surface area is 183 Å². The van der Waals surface area contributed by atoms with Gasteiger partial charge in [0.15, 0.2) is 0 Å². The molecule has 3 aromatic rings. The number of pyridine rings is 1. The number of hydrogen-bond acceptors (Lipinski definition) is 5. The summed E-state index contributed by atoms with van der Waals surface area (Å²) in [7, 11) is 0. The molecule has 0 saturated heterocycles. The van der Waals surface area contributed by atoms with E-state index >= 15 is 0 Å². The second kappa shape index (κ2) is 8.31. The Morgan fingerprint density at radius 1 is 1.13 bits per heavy atom. The molecule has 2 amide bonds. The molecule has 0 unspecified atom stereocenters. The summed E-state index contributed by atoms with van der Waals surface area (Å²) in [6, 6.07) is 9.77. The van der Waals surface area contributed by atoms with E-state index in [9.17, 15) is 19.8 Å². The Morgan fingerprint density at radius 2 is 1.90 bits per heavy atom. The van der Waals surface area contributed by atoms with Gasteiger partial charge in [-0.2, -0.15) is 0 Å². The first kappa shape index (κ1) is 20.7. The van der Waals surface area contributed by atoms with Gasteiger partial charge in [0.25, 0.3) is 5.91 Å². The molecule has 0 radical (unpaired) electrons. The zero-order valence-corrected chi connectivity index (χ0v) is 17.6. The van der Waals surface area contributed by atoms with E-state index in [1.54, 1.807) is 35.2 Å². The molecule has 4 rings (SSSR count). The second-order valence-corrected chi connectivity index (χ2v) is 7.73. The van der Waals surface area contributed by atoms with Gasteiger partial charge in [-0.3, -0.25) is 14.6 Å². The number of rotatable bonds is 3. The van der Waals surface area contributed by atoms with Gasteiger partial charge in [0.1, 0.15) is 5.69 Å². The standard InChI is InChI=1S/C22H21ClN4O4/c1-13(28)26-10-4-5-15-16(12-26)22(31)27(21(15)30)19-8-7-14(11-17(19)23)25-20(29)18-6-2-3-9-24-18/h2-3,6-9,11,30-31H,4-5,10,12H2,1H3,(H,25,29). The zero-order chi connectivity index (χ0) is 22.1. The van der Waals surface area contributed by atoms with Crippen molar-refractivity contribution in [3.05, 3.63) is 64.4 Å². The van der Waals surface area contributed by atoms with Crippen LogP contribution in [0.25, 0.3) is 5.69 Å². The third kappa shape index (κ3) is 3.94. The van der Waals surface area contributed by atoms with Crippen molar-refractivity contribution in [3.8, 4) is 17.4 Å². The van der Waals surface area contributed by atoms with Gasteiger partial charge in [0.05, 0.1) is 17.3 Å². The van der Waals surface area contributed by atoms with Crippen LogP contribution in [-0.2, 0) is 17.8 Å². The summed E-state index contributed by atoms with van der Waals surface area (Å²) in [5, 5.41) is 24.6. The van der Waals surface area contributed by atoms with Crippen molar-refractivity contribution in [2.45, 2.75) is 26.3 Å². The number of benzene rings is 1. The van der Waals surface area contributed by atoms with Crippen LogP contribution in [0.5, 0.6) is 11.8 Å². The lowest BCUT2D eigenvalue weighted by molar-refractivity contribution is -0.129. The van der Waals surface area contributed by atoms with Crippen LogP contribution in [0.15, 0.2) is 42.6 Å². The highest BCUT2D eigenvalue weighted by molar-refractivity contribution is 6.32. The van der Waals surface area contributed by atoms with Crippen molar-refractivity contribution in [1.82, 2.24) is 14.5 Å². The maximum absolute atomic E-state index is 12.3. The van der Waals surface area contributed by atoms with Crippen LogP contribution in [0.3, 0.4) is 0 Å². The molecule has 3 heterocycles. The van der Waals surface area contributed by atoms with Crippen molar-refractivity contribution < 1.29 is 19.8 Å². The van der Waals surface area contributed by atoms with E-state index in [2.05, 4.69) is 10.3 Å². The number of hydrogen-bond donors (Lipinski definition) is 3. The predicted octanol–water partition coefficient (Wildman–Crippen LogP) is 3.48. The van der Waals surface area contributed by atoms with Gasteiger partial charge in [-0.15, -0.1) is 0 Å². The molecule has 160 valence electrons. The fourth-order valence-corrected chi connectivity index (χ4v) is 4.01. The van der Waals surface area contributed by atoms with E-state index in [4.69, 9.17) is 11.6 Å². The molecule has 0 bridgehead atoms. The average Bonchev–Trinajstić information content (AvgIpc) is 2.91. The van der Waals surface area contributed by atoms with Crippen molar-refractivity contribution in [2.24, 2.45) is 0 Å². The smallest absolute Gasteiger partial charge is 0.274 e. The molecule has 0 fully saturated rings. The van der Waals surface area contributed by atoms with E-state index in [1.165, 1.54) is 23.8 Å². The lowest BCUT2D eigenvalue weighted by atomic mass is 10.1. The molecule has 9 heteroatoms. The molecule has 0 atom stereocenters. The minimum atomic E-state index is -0.382. The highest BCUT2D eigenvalue weighted by atomic mass is 35.5. The number of carbonyl (C=O) groups is 2. The fraction of sp³-hybridized carbons (Fsp3) is 0.227. The van der Waals surface area contributed by atoms with E-state index < -0.39 is 0 Å². The second-order valence-electron chi connectivity index (χ2n) is 7.32. The van der Waals surface area contributed by atoms with Crippen LogP contribution in [-0.4, -0.2) is 43.0 Å². The van der Waals surface area contributed by atoms with Crippen LogP contribution in [0, 0.1) is 0 Å². The molecule has 0 saturated carbocycles. The molecule has 1 aromatic carbocycles. The summed E-state index contributed by atoms with van der Waals surface area (Å²) < 4.78 is 1.26.